The summed E-state index contributed by atoms with van der Waals surface area (Å²) in [6.45, 7) is 9.04. The molecule has 0 aromatic heterocycles. The third kappa shape index (κ3) is 3.68. The molecule has 2 aliphatic heterocycles. The Kier molecular flexibility index (Phi) is 4.38. The van der Waals surface area contributed by atoms with E-state index in [1.54, 1.807) is 6.21 Å². The molecule has 23 heavy (non-hydrogen) atoms. The predicted octanol–water partition coefficient (Wildman–Crippen LogP) is 3.05. The van der Waals surface area contributed by atoms with Gasteiger partial charge in [-0.1, -0.05) is 28.9 Å². The zero-order valence-electron chi connectivity index (χ0n) is 14.1. The third-order valence-electron chi connectivity index (χ3n) is 4.74. The second kappa shape index (κ2) is 6.04. The molecular weight excluding hydrogens is 310 g/mol. The van der Waals surface area contributed by atoms with Crippen molar-refractivity contribution < 1.29 is 14.0 Å². The molecule has 6 heteroatoms. The first-order valence-electron chi connectivity index (χ1n) is 7.98. The molecule has 1 aromatic carbocycles. The topological polar surface area (TPSA) is 33.8 Å². The summed E-state index contributed by atoms with van der Waals surface area (Å²) in [7, 11) is -0.195. The van der Waals surface area contributed by atoms with Gasteiger partial charge in [-0.3, -0.25) is 0 Å². The van der Waals surface area contributed by atoms with Gasteiger partial charge in [0, 0.05) is 11.9 Å². The summed E-state index contributed by atoms with van der Waals surface area (Å²) in [6.07, 6.45) is 4.39. The Labute approximate surface area is 143 Å². The van der Waals surface area contributed by atoms with Gasteiger partial charge >= 0.3 is 7.12 Å². The fourth-order valence-electron chi connectivity index (χ4n) is 2.69. The maximum atomic E-state index is 6.05. The first kappa shape index (κ1) is 16.7. The highest BCUT2D eigenvalue weighted by Gasteiger charge is 2.50. The molecule has 1 unspecified atom stereocenters. The van der Waals surface area contributed by atoms with Crippen LogP contribution in [0.25, 0.3) is 0 Å². The number of alkyl halides is 1. The Morgan fingerprint density at radius 2 is 1.65 bits per heavy atom. The number of halogens is 1. The number of hydrazone groups is 1. The lowest BCUT2D eigenvalue weighted by Gasteiger charge is -2.32. The number of rotatable bonds is 4. The van der Waals surface area contributed by atoms with Crippen LogP contribution < -0.4 is 0 Å². The van der Waals surface area contributed by atoms with Crippen molar-refractivity contribution >= 4 is 31.1 Å². The molecule has 1 fully saturated rings. The molecule has 3 rings (SSSR count). The highest BCUT2D eigenvalue weighted by Crippen LogP contribution is 2.37. The number of nitrogens with zero attached hydrogens (tertiary/aromatic N) is 2. The van der Waals surface area contributed by atoms with Crippen LogP contribution in [0.4, 0.5) is 0 Å². The van der Waals surface area contributed by atoms with Crippen molar-refractivity contribution in [3.8, 4) is 0 Å². The lowest BCUT2D eigenvalue weighted by Crippen LogP contribution is -2.41. The third-order valence-corrected chi connectivity index (χ3v) is 4.97. The molecule has 0 saturated carbocycles. The van der Waals surface area contributed by atoms with Crippen molar-refractivity contribution in [1.29, 1.82) is 0 Å². The maximum absolute atomic E-state index is 6.05. The smallest absolute Gasteiger partial charge is 0.403 e. The Hall–Kier alpha value is -1.17. The summed E-state index contributed by atoms with van der Waals surface area (Å²) < 4.78 is 14.0. The van der Waals surface area contributed by atoms with Gasteiger partial charge in [0.15, 0.2) is 18.1 Å². The van der Waals surface area contributed by atoms with Crippen molar-refractivity contribution in [3.05, 3.63) is 35.4 Å². The summed E-state index contributed by atoms with van der Waals surface area (Å²) in [5, 5.41) is 4.13. The molecule has 2 aliphatic rings. The van der Waals surface area contributed by atoms with E-state index in [1.807, 2.05) is 10.9 Å². The van der Waals surface area contributed by atoms with Gasteiger partial charge in [0.25, 0.3) is 0 Å². The quantitative estimate of drug-likeness (QED) is 0.482. The standard InChI is InChI=1S/C17H23BClN2O2/c1-16(2)17(3,4)23-18(22-16)9-13-5-7-14(8-6-13)11-21-12-15(19)10-20-21/h5-8,10,12,15H,9,11H2,1-4H3/q+1. The summed E-state index contributed by atoms with van der Waals surface area (Å²) >= 11 is 5.97. The highest BCUT2D eigenvalue weighted by atomic mass is 35.5. The van der Waals surface area contributed by atoms with Gasteiger partial charge in [-0.05, 0) is 38.4 Å². The number of hydrogen-bond donors (Lipinski definition) is 0. The van der Waals surface area contributed by atoms with Crippen LogP contribution in [0, 0.1) is 0 Å². The second-order valence-electron chi connectivity index (χ2n) is 7.16. The van der Waals surface area contributed by atoms with Crippen LogP contribution in [0.1, 0.15) is 38.8 Å². The van der Waals surface area contributed by atoms with Gasteiger partial charge in [-0.25, -0.2) is 0 Å². The van der Waals surface area contributed by atoms with Gasteiger partial charge in [0.05, 0.1) is 17.4 Å². The van der Waals surface area contributed by atoms with Crippen molar-refractivity contribution in [1.82, 2.24) is 0 Å². The van der Waals surface area contributed by atoms with Gasteiger partial charge in [0.1, 0.15) is 0 Å². The van der Waals surface area contributed by atoms with Crippen LogP contribution in [0.5, 0.6) is 0 Å². The van der Waals surface area contributed by atoms with E-state index in [9.17, 15) is 0 Å². The minimum Gasteiger partial charge on any atom is -0.403 e. The van der Waals surface area contributed by atoms with E-state index in [1.165, 1.54) is 11.1 Å². The van der Waals surface area contributed by atoms with Crippen LogP contribution in [-0.4, -0.2) is 40.8 Å². The van der Waals surface area contributed by atoms with Crippen LogP contribution in [0.2, 0.25) is 0 Å². The van der Waals surface area contributed by atoms with Crippen molar-refractivity contribution in [3.63, 3.8) is 0 Å². The van der Waals surface area contributed by atoms with Gasteiger partial charge in [-0.2, -0.15) is 0 Å². The first-order chi connectivity index (χ1) is 10.7. The van der Waals surface area contributed by atoms with E-state index in [0.29, 0.717) is 0 Å². The SMILES string of the molecule is CC1(C)OB(Cc2ccc(C[N+]3=CC(Cl)C=N3)cc2)OC1(C)C. The normalized spacial score (nSPS) is 25.0. The Morgan fingerprint density at radius 1 is 1.09 bits per heavy atom. The van der Waals surface area contributed by atoms with Crippen molar-refractivity contribution in [2.75, 3.05) is 0 Å². The molecule has 2 heterocycles. The molecular formula is C17H23BClN2O2+. The molecule has 0 aliphatic carbocycles. The minimum absolute atomic E-state index is 0.0994. The molecule has 0 radical (unpaired) electrons. The molecule has 0 amide bonds. The second-order valence-corrected chi connectivity index (χ2v) is 7.67. The fraction of sp³-hybridized carbons (Fsp3) is 0.529. The fourth-order valence-corrected chi connectivity index (χ4v) is 2.87. The van der Waals surface area contributed by atoms with Gasteiger partial charge in [-0.15, -0.1) is 11.6 Å². The van der Waals surface area contributed by atoms with Gasteiger partial charge in [0.2, 0.25) is 0 Å². The predicted molar refractivity (Wildman–Crippen MR) is 94.4 cm³/mol. The van der Waals surface area contributed by atoms with E-state index in [4.69, 9.17) is 20.9 Å². The summed E-state index contributed by atoms with van der Waals surface area (Å²) in [5.41, 5.74) is 1.84. The largest absolute Gasteiger partial charge is 0.462 e. The van der Waals surface area contributed by atoms with E-state index < -0.39 is 0 Å². The lowest BCUT2D eigenvalue weighted by molar-refractivity contribution is -0.541. The molecule has 4 nitrogen and oxygen atoms in total. The van der Waals surface area contributed by atoms with Crippen molar-refractivity contribution in [2.45, 2.75) is 57.1 Å². The van der Waals surface area contributed by atoms with E-state index >= 15 is 0 Å². The molecule has 1 atom stereocenters. The average Bonchev–Trinajstić information content (AvgIpc) is 2.93. The summed E-state index contributed by atoms with van der Waals surface area (Å²) in [4.78, 5) is 0. The summed E-state index contributed by atoms with van der Waals surface area (Å²) in [6, 6.07) is 8.48. The van der Waals surface area contributed by atoms with Crippen LogP contribution in [0.3, 0.4) is 0 Å². The Balaban J connectivity index is 1.60. The number of hydrogen-bond acceptors (Lipinski definition) is 3. The molecule has 0 spiro atoms. The molecule has 0 N–H and O–H groups in total. The van der Waals surface area contributed by atoms with Crippen LogP contribution >= 0.6 is 11.6 Å². The molecule has 1 aromatic rings. The van der Waals surface area contributed by atoms with E-state index in [0.717, 1.165) is 12.9 Å². The lowest BCUT2D eigenvalue weighted by atomic mass is 9.80. The maximum Gasteiger partial charge on any atom is 0.462 e. The Morgan fingerprint density at radius 3 is 2.17 bits per heavy atom. The first-order valence-corrected chi connectivity index (χ1v) is 8.42. The van der Waals surface area contributed by atoms with E-state index in [2.05, 4.69) is 57.1 Å². The zero-order valence-corrected chi connectivity index (χ0v) is 14.9. The van der Waals surface area contributed by atoms with Crippen LogP contribution in [0.15, 0.2) is 29.4 Å². The molecule has 1 saturated heterocycles. The van der Waals surface area contributed by atoms with Crippen molar-refractivity contribution in [2.24, 2.45) is 5.10 Å². The molecule has 122 valence electrons. The average molecular weight is 334 g/mol. The monoisotopic (exact) mass is 333 g/mol. The van der Waals surface area contributed by atoms with E-state index in [-0.39, 0.29) is 23.7 Å². The minimum atomic E-state index is -0.278. The molecule has 0 bridgehead atoms. The van der Waals surface area contributed by atoms with Gasteiger partial charge < -0.3 is 9.31 Å². The highest BCUT2D eigenvalue weighted by molar-refractivity contribution is 6.45. The zero-order chi connectivity index (χ0) is 16.7. The number of benzene rings is 1. The van der Waals surface area contributed by atoms with Crippen LogP contribution in [-0.2, 0) is 22.2 Å². The Bertz CT molecular complexity index is 624. The summed E-state index contributed by atoms with van der Waals surface area (Å²) in [5.74, 6) is 0.